The van der Waals surface area contributed by atoms with E-state index in [2.05, 4.69) is 20.6 Å². The molecule has 1 heterocycles. The largest absolute Gasteiger partial charge is 0.405 e. The third kappa shape index (κ3) is 6.23. The van der Waals surface area contributed by atoms with Gasteiger partial charge in [-0.25, -0.2) is 9.97 Å². The Morgan fingerprint density at radius 2 is 1.79 bits per heavy atom. The Balaban J connectivity index is 2.79. The third-order valence-electron chi connectivity index (χ3n) is 2.04. The van der Waals surface area contributed by atoms with Crippen molar-refractivity contribution in [2.24, 2.45) is 0 Å². The van der Waals surface area contributed by atoms with E-state index in [0.29, 0.717) is 24.8 Å². The Kier molecular flexibility index (Phi) is 5.81. The van der Waals surface area contributed by atoms with Gasteiger partial charge >= 0.3 is 6.18 Å². The molecule has 0 aliphatic heterocycles. The summed E-state index contributed by atoms with van der Waals surface area (Å²) in [7, 11) is 0. The van der Waals surface area contributed by atoms with Gasteiger partial charge in [0.25, 0.3) is 0 Å². The molecule has 0 fully saturated rings. The fraction of sp³-hybridized carbons (Fsp3) is 0.636. The molecule has 1 aromatic rings. The molecule has 0 aliphatic carbocycles. The van der Waals surface area contributed by atoms with Gasteiger partial charge in [0.05, 0.1) is 0 Å². The van der Waals surface area contributed by atoms with Gasteiger partial charge in [-0.1, -0.05) is 0 Å². The summed E-state index contributed by atoms with van der Waals surface area (Å²) in [4.78, 5) is 8.11. The first-order valence-corrected chi connectivity index (χ1v) is 5.94. The fourth-order valence-corrected chi connectivity index (χ4v) is 1.31. The molecule has 0 aliphatic rings. The molecule has 19 heavy (non-hydrogen) atoms. The van der Waals surface area contributed by atoms with Crippen molar-refractivity contribution in [1.29, 1.82) is 0 Å². The summed E-state index contributed by atoms with van der Waals surface area (Å²) < 4.78 is 41.6. The zero-order chi connectivity index (χ0) is 14.3. The van der Waals surface area contributed by atoms with Crippen molar-refractivity contribution < 1.29 is 17.9 Å². The van der Waals surface area contributed by atoms with Crippen LogP contribution in [-0.2, 0) is 11.3 Å². The number of hydrogen-bond donors (Lipinski definition) is 2. The van der Waals surface area contributed by atoms with Gasteiger partial charge in [0, 0.05) is 19.2 Å². The maximum absolute atomic E-state index is 12.1. The second kappa shape index (κ2) is 7.13. The molecule has 0 atom stereocenters. The molecule has 8 heteroatoms. The van der Waals surface area contributed by atoms with E-state index in [-0.39, 0.29) is 12.4 Å². The molecule has 2 N–H and O–H groups in total. The Morgan fingerprint density at radius 3 is 2.32 bits per heavy atom. The molecule has 0 radical (unpaired) electrons. The lowest BCUT2D eigenvalue weighted by atomic mass is 10.4. The molecule has 0 saturated carbocycles. The number of aromatic nitrogens is 2. The minimum absolute atomic E-state index is 0.123. The van der Waals surface area contributed by atoms with E-state index in [9.17, 15) is 13.2 Å². The normalized spacial score (nSPS) is 11.4. The highest BCUT2D eigenvalue weighted by Gasteiger charge is 2.26. The van der Waals surface area contributed by atoms with E-state index in [1.807, 2.05) is 13.8 Å². The van der Waals surface area contributed by atoms with Crippen LogP contribution in [0.4, 0.5) is 24.8 Å². The molecule has 1 aromatic heterocycles. The topological polar surface area (TPSA) is 59.1 Å². The fourth-order valence-electron chi connectivity index (χ4n) is 1.31. The maximum atomic E-state index is 12.1. The predicted octanol–water partition coefficient (Wildman–Crippen LogP) is 2.42. The van der Waals surface area contributed by atoms with Gasteiger partial charge in [0.2, 0.25) is 0 Å². The van der Waals surface area contributed by atoms with Gasteiger partial charge in [0.15, 0.2) is 5.82 Å². The van der Waals surface area contributed by atoms with Crippen molar-refractivity contribution in [2.45, 2.75) is 26.6 Å². The summed E-state index contributed by atoms with van der Waals surface area (Å²) in [6.07, 6.45) is -4.29. The van der Waals surface area contributed by atoms with Crippen molar-refractivity contribution in [1.82, 2.24) is 9.97 Å². The summed E-state index contributed by atoms with van der Waals surface area (Å²) in [6.45, 7) is 3.81. The number of halogens is 3. The van der Waals surface area contributed by atoms with Crippen molar-refractivity contribution in [3.8, 4) is 0 Å². The Hall–Kier alpha value is -1.57. The van der Waals surface area contributed by atoms with Gasteiger partial charge in [-0.15, -0.1) is 0 Å². The lowest BCUT2D eigenvalue weighted by Gasteiger charge is -2.12. The number of anilines is 2. The Bertz CT molecular complexity index is 398. The lowest BCUT2D eigenvalue weighted by molar-refractivity contribution is -0.115. The number of ether oxygens (including phenoxy) is 1. The highest BCUT2D eigenvalue weighted by atomic mass is 19.4. The molecular weight excluding hydrogens is 261 g/mol. The van der Waals surface area contributed by atoms with Gasteiger partial charge in [-0.05, 0) is 13.8 Å². The van der Waals surface area contributed by atoms with E-state index in [1.165, 1.54) is 6.07 Å². The van der Waals surface area contributed by atoms with Crippen LogP contribution in [-0.4, -0.2) is 35.8 Å². The van der Waals surface area contributed by atoms with Gasteiger partial charge in [-0.2, -0.15) is 13.2 Å². The highest BCUT2D eigenvalue weighted by Crippen LogP contribution is 2.17. The number of alkyl halides is 3. The molecule has 0 bridgehead atoms. The number of hydrogen-bond acceptors (Lipinski definition) is 5. The monoisotopic (exact) mass is 278 g/mol. The Labute approximate surface area is 109 Å². The average molecular weight is 278 g/mol. The van der Waals surface area contributed by atoms with E-state index in [4.69, 9.17) is 4.74 Å². The molecular formula is C11H17F3N4O. The van der Waals surface area contributed by atoms with Crippen molar-refractivity contribution in [3.05, 3.63) is 11.9 Å². The minimum Gasteiger partial charge on any atom is -0.374 e. The maximum Gasteiger partial charge on any atom is 0.405 e. The summed E-state index contributed by atoms with van der Waals surface area (Å²) in [5, 5.41) is 5.16. The predicted molar refractivity (Wildman–Crippen MR) is 66.1 cm³/mol. The van der Waals surface area contributed by atoms with E-state index < -0.39 is 12.7 Å². The third-order valence-corrected chi connectivity index (χ3v) is 2.04. The van der Waals surface area contributed by atoms with Gasteiger partial charge < -0.3 is 15.4 Å². The van der Waals surface area contributed by atoms with Crippen molar-refractivity contribution in [3.63, 3.8) is 0 Å². The van der Waals surface area contributed by atoms with Crippen LogP contribution in [0.2, 0.25) is 0 Å². The van der Waals surface area contributed by atoms with Crippen LogP contribution < -0.4 is 10.6 Å². The standard InChI is InChI=1S/C11H17F3N4O/c1-3-15-8-5-9(16-7-11(12,13)14)18-10(17-8)6-19-4-2/h5H,3-4,6-7H2,1-2H3,(H2,15,16,17,18). The van der Waals surface area contributed by atoms with Crippen LogP contribution >= 0.6 is 0 Å². The quantitative estimate of drug-likeness (QED) is 0.802. The van der Waals surface area contributed by atoms with Crippen LogP contribution in [0.15, 0.2) is 6.07 Å². The first-order valence-electron chi connectivity index (χ1n) is 5.94. The van der Waals surface area contributed by atoms with Gasteiger partial charge in [0.1, 0.15) is 24.8 Å². The lowest BCUT2D eigenvalue weighted by Crippen LogP contribution is -2.22. The average Bonchev–Trinajstić information content (AvgIpc) is 2.33. The molecule has 5 nitrogen and oxygen atoms in total. The SMILES string of the molecule is CCNc1cc(NCC(F)(F)F)nc(COCC)n1. The summed E-state index contributed by atoms with van der Waals surface area (Å²) in [5.41, 5.74) is 0. The van der Waals surface area contributed by atoms with Crippen LogP contribution in [0.1, 0.15) is 19.7 Å². The van der Waals surface area contributed by atoms with E-state index in [0.717, 1.165) is 0 Å². The highest BCUT2D eigenvalue weighted by molar-refractivity contribution is 5.47. The molecule has 1 rings (SSSR count). The first kappa shape index (κ1) is 15.5. The second-order valence-electron chi connectivity index (χ2n) is 3.69. The molecule has 0 saturated heterocycles. The number of rotatable bonds is 7. The second-order valence-corrected chi connectivity index (χ2v) is 3.69. The van der Waals surface area contributed by atoms with E-state index >= 15 is 0 Å². The van der Waals surface area contributed by atoms with E-state index in [1.54, 1.807) is 0 Å². The molecule has 0 unspecified atom stereocenters. The van der Waals surface area contributed by atoms with Crippen molar-refractivity contribution in [2.75, 3.05) is 30.3 Å². The summed E-state index contributed by atoms with van der Waals surface area (Å²) in [6, 6.07) is 1.44. The van der Waals surface area contributed by atoms with Crippen LogP contribution in [0, 0.1) is 0 Å². The Morgan fingerprint density at radius 1 is 1.16 bits per heavy atom. The zero-order valence-corrected chi connectivity index (χ0v) is 10.8. The minimum atomic E-state index is -4.29. The molecule has 0 aromatic carbocycles. The van der Waals surface area contributed by atoms with Gasteiger partial charge in [-0.3, -0.25) is 0 Å². The van der Waals surface area contributed by atoms with Crippen LogP contribution in [0.5, 0.6) is 0 Å². The molecule has 0 amide bonds. The first-order chi connectivity index (χ1) is 8.94. The summed E-state index contributed by atoms with van der Waals surface area (Å²) in [5.74, 6) is 0.930. The van der Waals surface area contributed by atoms with Crippen molar-refractivity contribution >= 4 is 11.6 Å². The van der Waals surface area contributed by atoms with Crippen LogP contribution in [0.25, 0.3) is 0 Å². The van der Waals surface area contributed by atoms with Crippen LogP contribution in [0.3, 0.4) is 0 Å². The zero-order valence-electron chi connectivity index (χ0n) is 10.8. The number of nitrogens with zero attached hydrogens (tertiary/aromatic N) is 2. The smallest absolute Gasteiger partial charge is 0.374 e. The summed E-state index contributed by atoms with van der Waals surface area (Å²) >= 11 is 0. The molecule has 108 valence electrons. The molecule has 0 spiro atoms. The number of nitrogens with one attached hydrogen (secondary N) is 2.